The lowest BCUT2D eigenvalue weighted by molar-refractivity contribution is 1.13. The van der Waals surface area contributed by atoms with Crippen molar-refractivity contribution in [3.63, 3.8) is 0 Å². The first kappa shape index (κ1) is 22.1. The van der Waals surface area contributed by atoms with Gasteiger partial charge in [-0.1, -0.05) is 18.2 Å². The summed E-state index contributed by atoms with van der Waals surface area (Å²) in [7, 11) is 8.22. The summed E-state index contributed by atoms with van der Waals surface area (Å²) in [6.45, 7) is 0. The summed E-state index contributed by atoms with van der Waals surface area (Å²) in [4.78, 5) is 4.24. The van der Waals surface area contributed by atoms with Crippen LogP contribution in [0.3, 0.4) is 0 Å². The van der Waals surface area contributed by atoms with Gasteiger partial charge in [-0.3, -0.25) is 0 Å². The number of nitrogens with zero attached hydrogens (tertiary/aromatic N) is 5. The van der Waals surface area contributed by atoms with E-state index in [1.807, 2.05) is 12.1 Å². The summed E-state index contributed by atoms with van der Waals surface area (Å²) in [5.74, 6) is 0. The second-order valence-electron chi connectivity index (χ2n) is 9.03. The Morgan fingerprint density at radius 3 is 1.54 bits per heavy atom. The summed E-state index contributed by atoms with van der Waals surface area (Å²) in [5.41, 5.74) is 8.12. The van der Waals surface area contributed by atoms with E-state index in [-0.39, 0.29) is 0 Å². The maximum absolute atomic E-state index is 9.59. The molecule has 5 rings (SSSR count). The predicted octanol–water partition coefficient (Wildman–Crippen LogP) is 6.33. The number of hydrogen-bond acceptors (Lipinski definition) is 4. The van der Waals surface area contributed by atoms with Gasteiger partial charge in [0.05, 0.1) is 34.3 Å². The molecule has 0 fully saturated rings. The van der Waals surface area contributed by atoms with Crippen molar-refractivity contribution in [1.82, 2.24) is 4.57 Å². The van der Waals surface area contributed by atoms with E-state index >= 15 is 0 Å². The first-order chi connectivity index (χ1) is 16.9. The first-order valence-corrected chi connectivity index (χ1v) is 11.4. The Bertz CT molecular complexity index is 1560. The van der Waals surface area contributed by atoms with E-state index < -0.39 is 0 Å². The van der Waals surface area contributed by atoms with Crippen molar-refractivity contribution in [1.29, 1.82) is 10.5 Å². The molecule has 0 atom stereocenters. The van der Waals surface area contributed by atoms with Crippen LogP contribution in [0.2, 0.25) is 0 Å². The van der Waals surface area contributed by atoms with Crippen LogP contribution in [0.4, 0.5) is 11.4 Å². The minimum atomic E-state index is 0.501. The SMILES string of the molecule is CN(C)c1ccc2c(c1)c1cc(N(C)C)ccc1n2-c1ccc(-c2c(C#N)cccc2C#N)cc1. The highest BCUT2D eigenvalue weighted by Gasteiger charge is 2.16. The molecule has 0 saturated carbocycles. The number of anilines is 2. The number of fused-ring (bicyclic) bond motifs is 3. The van der Waals surface area contributed by atoms with Gasteiger partial charge in [0, 0.05) is 61.6 Å². The molecular weight excluding hydrogens is 430 g/mol. The Morgan fingerprint density at radius 1 is 0.629 bits per heavy atom. The van der Waals surface area contributed by atoms with Gasteiger partial charge >= 0.3 is 0 Å². The van der Waals surface area contributed by atoms with Crippen molar-refractivity contribution in [2.24, 2.45) is 0 Å². The molecule has 0 aliphatic carbocycles. The molecule has 0 radical (unpaired) electrons. The summed E-state index contributed by atoms with van der Waals surface area (Å²) in [5, 5.41) is 21.6. The van der Waals surface area contributed by atoms with Gasteiger partial charge in [-0.15, -0.1) is 0 Å². The third-order valence-electron chi connectivity index (χ3n) is 6.48. The highest BCUT2D eigenvalue weighted by atomic mass is 15.1. The van der Waals surface area contributed by atoms with E-state index in [0.29, 0.717) is 16.7 Å². The van der Waals surface area contributed by atoms with Gasteiger partial charge < -0.3 is 14.4 Å². The molecule has 0 amide bonds. The van der Waals surface area contributed by atoms with Crippen LogP contribution >= 0.6 is 0 Å². The number of rotatable bonds is 4. The van der Waals surface area contributed by atoms with Crippen molar-refractivity contribution >= 4 is 33.2 Å². The lowest BCUT2D eigenvalue weighted by Gasteiger charge is -2.13. The topological polar surface area (TPSA) is 59.0 Å². The van der Waals surface area contributed by atoms with Crippen molar-refractivity contribution < 1.29 is 0 Å². The van der Waals surface area contributed by atoms with E-state index in [1.54, 1.807) is 18.2 Å². The zero-order chi connectivity index (χ0) is 24.7. The highest BCUT2D eigenvalue weighted by Crippen LogP contribution is 2.37. The van der Waals surface area contributed by atoms with Gasteiger partial charge in [-0.05, 0) is 66.2 Å². The normalized spacial score (nSPS) is 10.8. The maximum Gasteiger partial charge on any atom is 0.0998 e. The van der Waals surface area contributed by atoms with Crippen LogP contribution in [0.1, 0.15) is 11.1 Å². The molecule has 0 bridgehead atoms. The van der Waals surface area contributed by atoms with Crippen LogP contribution < -0.4 is 9.80 Å². The monoisotopic (exact) mass is 455 g/mol. The molecule has 0 saturated heterocycles. The van der Waals surface area contributed by atoms with Crippen molar-refractivity contribution in [2.75, 3.05) is 38.0 Å². The minimum absolute atomic E-state index is 0.501. The average Bonchev–Trinajstić information content (AvgIpc) is 3.21. The van der Waals surface area contributed by atoms with Crippen LogP contribution in [0.25, 0.3) is 38.6 Å². The quantitative estimate of drug-likeness (QED) is 0.318. The molecule has 5 heteroatoms. The van der Waals surface area contributed by atoms with E-state index in [9.17, 15) is 10.5 Å². The molecule has 5 nitrogen and oxygen atoms in total. The Morgan fingerprint density at radius 2 is 1.11 bits per heavy atom. The smallest absolute Gasteiger partial charge is 0.0998 e. The summed E-state index contributed by atoms with van der Waals surface area (Å²) < 4.78 is 2.27. The predicted molar refractivity (Wildman–Crippen MR) is 144 cm³/mol. The van der Waals surface area contributed by atoms with Gasteiger partial charge in [0.25, 0.3) is 0 Å². The molecule has 0 N–H and O–H groups in total. The molecule has 1 heterocycles. The molecule has 5 aromatic rings. The summed E-state index contributed by atoms with van der Waals surface area (Å²) in [6, 6.07) is 30.9. The molecule has 0 spiro atoms. The molecule has 0 aliphatic heterocycles. The number of hydrogen-bond donors (Lipinski definition) is 0. The van der Waals surface area contributed by atoms with Crippen LogP contribution in [-0.2, 0) is 0 Å². The van der Waals surface area contributed by atoms with E-state index in [4.69, 9.17) is 0 Å². The molecule has 0 aliphatic rings. The van der Waals surface area contributed by atoms with Crippen LogP contribution in [0.15, 0.2) is 78.9 Å². The lowest BCUT2D eigenvalue weighted by atomic mass is 9.95. The maximum atomic E-state index is 9.59. The Labute approximate surface area is 205 Å². The molecule has 35 heavy (non-hydrogen) atoms. The van der Waals surface area contributed by atoms with E-state index in [1.165, 1.54) is 10.8 Å². The van der Waals surface area contributed by atoms with Crippen LogP contribution in [0.5, 0.6) is 0 Å². The lowest BCUT2D eigenvalue weighted by Crippen LogP contribution is -2.08. The molecule has 0 unspecified atom stereocenters. The fraction of sp³-hybridized carbons (Fsp3) is 0.133. The van der Waals surface area contributed by atoms with Gasteiger partial charge in [-0.2, -0.15) is 10.5 Å². The van der Waals surface area contributed by atoms with Crippen LogP contribution in [-0.4, -0.2) is 32.8 Å². The summed E-state index contributed by atoms with van der Waals surface area (Å²) >= 11 is 0. The Hall–Kier alpha value is -4.74. The number of aromatic nitrogens is 1. The highest BCUT2D eigenvalue weighted by molar-refractivity contribution is 6.11. The van der Waals surface area contributed by atoms with Crippen LogP contribution in [0, 0.1) is 22.7 Å². The Kier molecular flexibility index (Phi) is 5.40. The summed E-state index contributed by atoms with van der Waals surface area (Å²) in [6.07, 6.45) is 0. The fourth-order valence-corrected chi connectivity index (χ4v) is 4.66. The molecule has 170 valence electrons. The molecule has 1 aromatic heterocycles. The standard InChI is InChI=1S/C30H25N5/c1-33(2)24-12-14-28-26(16-24)27-17-25(34(3)4)13-15-29(27)35(28)23-10-8-20(9-11-23)30-21(18-31)6-5-7-22(30)19-32/h5-17H,1-4H3. The zero-order valence-electron chi connectivity index (χ0n) is 20.2. The van der Waals surface area contributed by atoms with Gasteiger partial charge in [0.15, 0.2) is 0 Å². The first-order valence-electron chi connectivity index (χ1n) is 11.4. The second kappa shape index (κ2) is 8.56. The number of nitriles is 2. The zero-order valence-corrected chi connectivity index (χ0v) is 20.2. The Balaban J connectivity index is 1.73. The van der Waals surface area contributed by atoms with E-state index in [0.717, 1.165) is 33.7 Å². The second-order valence-corrected chi connectivity index (χ2v) is 9.03. The van der Waals surface area contributed by atoms with Gasteiger partial charge in [-0.25, -0.2) is 0 Å². The molecular formula is C30H25N5. The number of benzene rings is 4. The van der Waals surface area contributed by atoms with Crippen molar-refractivity contribution in [3.8, 4) is 29.0 Å². The third kappa shape index (κ3) is 3.64. The average molecular weight is 456 g/mol. The molecule has 4 aromatic carbocycles. The van der Waals surface area contributed by atoms with E-state index in [2.05, 4.69) is 103 Å². The minimum Gasteiger partial charge on any atom is -0.378 e. The van der Waals surface area contributed by atoms with Crippen molar-refractivity contribution in [3.05, 3.63) is 90.0 Å². The third-order valence-corrected chi connectivity index (χ3v) is 6.48. The van der Waals surface area contributed by atoms with Crippen molar-refractivity contribution in [2.45, 2.75) is 0 Å². The van der Waals surface area contributed by atoms with Gasteiger partial charge in [0.2, 0.25) is 0 Å². The van der Waals surface area contributed by atoms with Gasteiger partial charge in [0.1, 0.15) is 0 Å². The largest absolute Gasteiger partial charge is 0.378 e. The fourth-order valence-electron chi connectivity index (χ4n) is 4.66.